The third-order valence-corrected chi connectivity index (χ3v) is 3.29. The van der Waals surface area contributed by atoms with E-state index in [2.05, 4.69) is 62.6 Å². The number of fused-ring (bicyclic) bond motifs is 1. The summed E-state index contributed by atoms with van der Waals surface area (Å²) in [5.74, 6) is 0. The van der Waals surface area contributed by atoms with Gasteiger partial charge in [-0.05, 0) is 17.5 Å². The van der Waals surface area contributed by atoms with E-state index in [1.54, 1.807) is 0 Å². The molecule has 0 saturated carbocycles. The van der Waals surface area contributed by atoms with Gasteiger partial charge < -0.3 is 10.6 Å². The monoisotopic (exact) mass is 232 g/mol. The summed E-state index contributed by atoms with van der Waals surface area (Å²) in [6.07, 6.45) is 1.14. The maximum Gasteiger partial charge on any atom is 0.0483 e. The molecule has 1 aliphatic rings. The average molecular weight is 232 g/mol. The van der Waals surface area contributed by atoms with Gasteiger partial charge >= 0.3 is 0 Å². The molecule has 94 valence electrons. The van der Waals surface area contributed by atoms with Crippen LogP contribution in [-0.4, -0.2) is 18.1 Å². The molecule has 0 unspecified atom stereocenters. The lowest BCUT2D eigenvalue weighted by Crippen LogP contribution is -2.44. The fourth-order valence-corrected chi connectivity index (χ4v) is 2.74. The Morgan fingerprint density at radius 1 is 1.00 bits per heavy atom. The molecule has 2 atom stereocenters. The van der Waals surface area contributed by atoms with Crippen LogP contribution in [0.5, 0.6) is 0 Å². The van der Waals surface area contributed by atoms with Gasteiger partial charge in [-0.3, -0.25) is 0 Å². The molecule has 17 heavy (non-hydrogen) atoms. The molecule has 0 aliphatic heterocycles. The first-order chi connectivity index (χ1) is 8.08. The molecule has 2 heteroatoms. The van der Waals surface area contributed by atoms with Crippen LogP contribution in [0, 0.1) is 0 Å². The predicted octanol–water partition coefficient (Wildman–Crippen LogP) is 2.65. The van der Waals surface area contributed by atoms with Crippen LogP contribution < -0.4 is 10.6 Å². The van der Waals surface area contributed by atoms with E-state index in [9.17, 15) is 0 Å². The minimum atomic E-state index is 0.452. The largest absolute Gasteiger partial charge is 0.310 e. The Kier molecular flexibility index (Phi) is 3.85. The molecule has 0 amide bonds. The fourth-order valence-electron chi connectivity index (χ4n) is 2.74. The highest BCUT2D eigenvalue weighted by molar-refractivity contribution is 5.37. The molecule has 0 spiro atoms. The van der Waals surface area contributed by atoms with Crippen LogP contribution in [0.15, 0.2) is 24.3 Å². The molecule has 0 heterocycles. The second-order valence-electron chi connectivity index (χ2n) is 5.63. The van der Waals surface area contributed by atoms with Crippen LogP contribution in [0.3, 0.4) is 0 Å². The fraction of sp³-hybridized carbons (Fsp3) is 0.600. The molecule has 2 rings (SSSR count). The third-order valence-electron chi connectivity index (χ3n) is 3.29. The zero-order chi connectivity index (χ0) is 12.4. The summed E-state index contributed by atoms with van der Waals surface area (Å²) >= 11 is 0. The zero-order valence-corrected chi connectivity index (χ0v) is 11.3. The molecule has 0 aromatic heterocycles. The van der Waals surface area contributed by atoms with Crippen molar-refractivity contribution in [2.45, 2.75) is 58.3 Å². The van der Waals surface area contributed by atoms with Crippen LogP contribution in [-0.2, 0) is 6.42 Å². The highest BCUT2D eigenvalue weighted by Gasteiger charge is 2.32. The first-order valence-corrected chi connectivity index (χ1v) is 6.68. The molecule has 0 radical (unpaired) electrons. The summed E-state index contributed by atoms with van der Waals surface area (Å²) in [5.41, 5.74) is 2.96. The van der Waals surface area contributed by atoms with Crippen molar-refractivity contribution < 1.29 is 0 Å². The number of rotatable bonds is 4. The van der Waals surface area contributed by atoms with Crippen LogP contribution >= 0.6 is 0 Å². The van der Waals surface area contributed by atoms with Gasteiger partial charge in [0.2, 0.25) is 0 Å². The first-order valence-electron chi connectivity index (χ1n) is 6.68. The summed E-state index contributed by atoms with van der Waals surface area (Å²) < 4.78 is 0. The van der Waals surface area contributed by atoms with Gasteiger partial charge in [-0.25, -0.2) is 0 Å². The Morgan fingerprint density at radius 3 is 2.29 bits per heavy atom. The second kappa shape index (κ2) is 5.19. The number of hydrogen-bond acceptors (Lipinski definition) is 2. The van der Waals surface area contributed by atoms with Crippen molar-refractivity contribution in [3.8, 4) is 0 Å². The van der Waals surface area contributed by atoms with E-state index >= 15 is 0 Å². The van der Waals surface area contributed by atoms with Crippen molar-refractivity contribution in [1.82, 2.24) is 10.6 Å². The lowest BCUT2D eigenvalue weighted by Gasteiger charge is -2.26. The Labute approximate surface area is 105 Å². The molecule has 0 saturated heterocycles. The van der Waals surface area contributed by atoms with Crippen molar-refractivity contribution in [1.29, 1.82) is 0 Å². The molecule has 2 N–H and O–H groups in total. The highest BCUT2D eigenvalue weighted by atomic mass is 15.1. The summed E-state index contributed by atoms with van der Waals surface area (Å²) in [7, 11) is 0. The standard InChI is InChI=1S/C15H24N2/c1-10(2)16-14-9-12-7-5-6-8-13(12)15(14)17-11(3)4/h5-8,10-11,14-17H,9H2,1-4H3/t14-,15+/m0/s1. The molecule has 2 nitrogen and oxygen atoms in total. The van der Waals surface area contributed by atoms with Crippen LogP contribution in [0.4, 0.5) is 0 Å². The lowest BCUT2D eigenvalue weighted by atomic mass is 10.1. The van der Waals surface area contributed by atoms with Crippen molar-refractivity contribution in [3.05, 3.63) is 35.4 Å². The van der Waals surface area contributed by atoms with E-state index in [0.717, 1.165) is 6.42 Å². The van der Waals surface area contributed by atoms with E-state index < -0.39 is 0 Å². The lowest BCUT2D eigenvalue weighted by molar-refractivity contribution is 0.356. The second-order valence-corrected chi connectivity index (χ2v) is 5.63. The maximum absolute atomic E-state index is 3.69. The van der Waals surface area contributed by atoms with Gasteiger partial charge in [-0.2, -0.15) is 0 Å². The van der Waals surface area contributed by atoms with Crippen LogP contribution in [0.25, 0.3) is 0 Å². The zero-order valence-electron chi connectivity index (χ0n) is 11.3. The van der Waals surface area contributed by atoms with E-state index in [0.29, 0.717) is 24.2 Å². The Bertz CT molecular complexity index is 371. The summed E-state index contributed by atoms with van der Waals surface area (Å²) in [4.78, 5) is 0. The molecule has 0 bridgehead atoms. The SMILES string of the molecule is CC(C)N[C@H]1Cc2ccccc2[C@H]1NC(C)C. The molecular weight excluding hydrogens is 208 g/mol. The van der Waals surface area contributed by atoms with E-state index in [-0.39, 0.29) is 0 Å². The van der Waals surface area contributed by atoms with Crippen molar-refractivity contribution in [2.24, 2.45) is 0 Å². The Balaban J connectivity index is 2.20. The van der Waals surface area contributed by atoms with Gasteiger partial charge in [-0.15, -0.1) is 0 Å². The average Bonchev–Trinajstić information content (AvgIpc) is 2.55. The molecule has 1 aromatic rings. The number of hydrogen-bond donors (Lipinski definition) is 2. The Morgan fingerprint density at radius 2 is 1.65 bits per heavy atom. The van der Waals surface area contributed by atoms with Crippen molar-refractivity contribution >= 4 is 0 Å². The number of nitrogens with one attached hydrogen (secondary N) is 2. The minimum Gasteiger partial charge on any atom is -0.310 e. The smallest absolute Gasteiger partial charge is 0.0483 e. The van der Waals surface area contributed by atoms with Gasteiger partial charge in [0.25, 0.3) is 0 Å². The van der Waals surface area contributed by atoms with Gasteiger partial charge in [-0.1, -0.05) is 52.0 Å². The number of benzene rings is 1. The van der Waals surface area contributed by atoms with Gasteiger partial charge in [0, 0.05) is 24.2 Å². The highest BCUT2D eigenvalue weighted by Crippen LogP contribution is 2.31. The van der Waals surface area contributed by atoms with E-state index in [1.807, 2.05) is 0 Å². The topological polar surface area (TPSA) is 24.1 Å². The first kappa shape index (κ1) is 12.6. The molecule has 1 aromatic carbocycles. The van der Waals surface area contributed by atoms with Gasteiger partial charge in [0.1, 0.15) is 0 Å². The van der Waals surface area contributed by atoms with Gasteiger partial charge in [0.05, 0.1) is 0 Å². The summed E-state index contributed by atoms with van der Waals surface area (Å²) in [5, 5.41) is 7.37. The van der Waals surface area contributed by atoms with E-state index in [1.165, 1.54) is 11.1 Å². The summed E-state index contributed by atoms with van der Waals surface area (Å²) in [6, 6.07) is 10.8. The Hall–Kier alpha value is -0.860. The van der Waals surface area contributed by atoms with Crippen LogP contribution in [0.2, 0.25) is 0 Å². The molecule has 0 fully saturated rings. The van der Waals surface area contributed by atoms with E-state index in [4.69, 9.17) is 0 Å². The maximum atomic E-state index is 3.69. The van der Waals surface area contributed by atoms with Crippen LogP contribution in [0.1, 0.15) is 44.9 Å². The van der Waals surface area contributed by atoms with Crippen molar-refractivity contribution in [2.75, 3.05) is 0 Å². The third kappa shape index (κ3) is 2.88. The van der Waals surface area contributed by atoms with Crippen molar-refractivity contribution in [3.63, 3.8) is 0 Å². The van der Waals surface area contributed by atoms with Gasteiger partial charge in [0.15, 0.2) is 0 Å². The molecule has 1 aliphatic carbocycles. The quantitative estimate of drug-likeness (QED) is 0.834. The predicted molar refractivity (Wildman–Crippen MR) is 73.2 cm³/mol. The molecular formula is C15H24N2. The summed E-state index contributed by atoms with van der Waals surface area (Å²) in [6.45, 7) is 8.87. The minimum absolute atomic E-state index is 0.452. The normalized spacial score (nSPS) is 23.4.